The molecule has 1 aromatic carbocycles. The first-order chi connectivity index (χ1) is 10.1. The molecule has 21 heavy (non-hydrogen) atoms. The minimum absolute atomic E-state index is 0.354. The molecule has 114 valence electrons. The number of hydrogen-bond acceptors (Lipinski definition) is 3. The number of likely N-dealkylation sites (N-methyl/N-ethyl adjacent to an activating group) is 1. The monoisotopic (exact) mass is 288 g/mol. The predicted octanol–water partition coefficient (Wildman–Crippen LogP) is 2.03. The van der Waals surface area contributed by atoms with E-state index >= 15 is 0 Å². The van der Waals surface area contributed by atoms with Crippen LogP contribution in [0.15, 0.2) is 48.7 Å². The van der Waals surface area contributed by atoms with E-state index in [-0.39, 0.29) is 0 Å². The summed E-state index contributed by atoms with van der Waals surface area (Å²) in [6, 6.07) is 14.1. The third-order valence-corrected chi connectivity index (χ3v) is 3.43. The summed E-state index contributed by atoms with van der Waals surface area (Å²) in [5.41, 5.74) is 2.36. The number of rotatable bonds is 8. The summed E-state index contributed by atoms with van der Waals surface area (Å²) >= 11 is 0. The van der Waals surface area contributed by atoms with E-state index in [0.29, 0.717) is 19.8 Å². The lowest BCUT2D eigenvalue weighted by Crippen LogP contribution is -2.32. The van der Waals surface area contributed by atoms with E-state index in [4.69, 9.17) is 4.74 Å². The van der Waals surface area contributed by atoms with Crippen LogP contribution in [0.2, 0.25) is 0 Å². The molecular formula is C17H24N2O2. The van der Waals surface area contributed by atoms with Crippen LogP contribution in [0.3, 0.4) is 0 Å². The molecule has 4 nitrogen and oxygen atoms in total. The maximum absolute atomic E-state index is 10.0. The summed E-state index contributed by atoms with van der Waals surface area (Å²) in [7, 11) is 4.04. The maximum atomic E-state index is 10.0. The minimum atomic E-state index is -0.473. The molecule has 0 aliphatic carbocycles. The summed E-state index contributed by atoms with van der Waals surface area (Å²) in [5, 5.41) is 10.0. The molecule has 0 saturated carbocycles. The number of benzene rings is 1. The molecule has 0 aliphatic heterocycles. The second kappa shape index (κ2) is 7.98. The first-order valence-electron chi connectivity index (χ1n) is 7.23. The van der Waals surface area contributed by atoms with Crippen molar-refractivity contribution in [3.8, 4) is 0 Å². The molecule has 1 unspecified atom stereocenters. The van der Waals surface area contributed by atoms with Gasteiger partial charge in [0.15, 0.2) is 0 Å². The lowest BCUT2D eigenvalue weighted by Gasteiger charge is -2.20. The lowest BCUT2D eigenvalue weighted by molar-refractivity contribution is 0.0125. The van der Waals surface area contributed by atoms with Crippen molar-refractivity contribution >= 4 is 0 Å². The summed E-state index contributed by atoms with van der Waals surface area (Å²) in [5.74, 6) is 0. The van der Waals surface area contributed by atoms with Crippen LogP contribution in [-0.2, 0) is 24.9 Å². The second-order valence-corrected chi connectivity index (χ2v) is 5.46. The largest absolute Gasteiger partial charge is 0.389 e. The minimum Gasteiger partial charge on any atom is -0.389 e. The van der Waals surface area contributed by atoms with Gasteiger partial charge in [-0.1, -0.05) is 30.3 Å². The molecule has 0 amide bonds. The first kappa shape index (κ1) is 15.8. The molecular weight excluding hydrogens is 264 g/mol. The van der Waals surface area contributed by atoms with Gasteiger partial charge in [0.1, 0.15) is 0 Å². The number of aryl methyl sites for hydroxylation is 1. The Kier molecular flexibility index (Phi) is 5.99. The fraction of sp³-hybridized carbons (Fsp3) is 0.412. The van der Waals surface area contributed by atoms with E-state index in [1.54, 1.807) is 0 Å². The summed E-state index contributed by atoms with van der Waals surface area (Å²) in [6.07, 6.45) is 1.56. The highest BCUT2D eigenvalue weighted by atomic mass is 16.5. The molecule has 2 rings (SSSR count). The summed E-state index contributed by atoms with van der Waals surface area (Å²) in [4.78, 5) is 2.10. The van der Waals surface area contributed by atoms with Crippen LogP contribution in [0, 0.1) is 0 Å². The van der Waals surface area contributed by atoms with Gasteiger partial charge in [-0.15, -0.1) is 0 Å². The van der Waals surface area contributed by atoms with E-state index in [9.17, 15) is 5.11 Å². The Morgan fingerprint density at radius 3 is 2.62 bits per heavy atom. The van der Waals surface area contributed by atoms with E-state index in [0.717, 1.165) is 12.1 Å². The standard InChI is InChI=1S/C17H24N2O2/c1-18(11-16-9-6-10-19(16)2)12-17(20)14-21-13-15-7-4-3-5-8-15/h3-10,17,20H,11-14H2,1-2H3. The van der Waals surface area contributed by atoms with Gasteiger partial charge in [0.25, 0.3) is 0 Å². The second-order valence-electron chi connectivity index (χ2n) is 5.46. The molecule has 1 aromatic heterocycles. The Hall–Kier alpha value is -1.62. The fourth-order valence-electron chi connectivity index (χ4n) is 2.30. The first-order valence-corrected chi connectivity index (χ1v) is 7.23. The number of nitrogens with zero attached hydrogens (tertiary/aromatic N) is 2. The molecule has 0 aliphatic rings. The average Bonchev–Trinajstić information content (AvgIpc) is 2.85. The van der Waals surface area contributed by atoms with Gasteiger partial charge in [-0.2, -0.15) is 0 Å². The van der Waals surface area contributed by atoms with E-state index in [1.165, 1.54) is 5.69 Å². The topological polar surface area (TPSA) is 37.6 Å². The predicted molar refractivity (Wildman–Crippen MR) is 83.9 cm³/mol. The van der Waals surface area contributed by atoms with Gasteiger partial charge >= 0.3 is 0 Å². The molecule has 1 atom stereocenters. The zero-order valence-electron chi connectivity index (χ0n) is 12.8. The lowest BCUT2D eigenvalue weighted by atomic mass is 10.2. The van der Waals surface area contributed by atoms with Crippen molar-refractivity contribution in [3.63, 3.8) is 0 Å². The molecule has 0 bridgehead atoms. The highest BCUT2D eigenvalue weighted by Gasteiger charge is 2.10. The van der Waals surface area contributed by atoms with Crippen LogP contribution >= 0.6 is 0 Å². The van der Waals surface area contributed by atoms with Gasteiger partial charge in [-0.05, 0) is 24.7 Å². The molecule has 0 saturated heterocycles. The molecule has 0 spiro atoms. The number of aromatic nitrogens is 1. The Morgan fingerprint density at radius 1 is 1.19 bits per heavy atom. The van der Waals surface area contributed by atoms with Crippen molar-refractivity contribution in [2.24, 2.45) is 7.05 Å². The Labute approximate surface area is 126 Å². The van der Waals surface area contributed by atoms with Crippen LogP contribution in [0.5, 0.6) is 0 Å². The number of aliphatic hydroxyl groups is 1. The quantitative estimate of drug-likeness (QED) is 0.807. The Morgan fingerprint density at radius 2 is 1.95 bits per heavy atom. The average molecular weight is 288 g/mol. The van der Waals surface area contributed by atoms with Gasteiger partial charge in [-0.25, -0.2) is 0 Å². The smallest absolute Gasteiger partial charge is 0.0900 e. The highest BCUT2D eigenvalue weighted by Crippen LogP contribution is 2.05. The highest BCUT2D eigenvalue weighted by molar-refractivity contribution is 5.13. The van der Waals surface area contributed by atoms with Gasteiger partial charge in [0.2, 0.25) is 0 Å². The molecule has 1 N–H and O–H groups in total. The maximum Gasteiger partial charge on any atom is 0.0900 e. The molecule has 0 fully saturated rings. The molecule has 0 radical (unpaired) electrons. The number of hydrogen-bond donors (Lipinski definition) is 1. The van der Waals surface area contributed by atoms with Gasteiger partial charge < -0.3 is 14.4 Å². The SMILES string of the molecule is CN(Cc1cccn1C)CC(O)COCc1ccccc1. The Balaban J connectivity index is 1.67. The van der Waals surface area contributed by atoms with E-state index in [2.05, 4.69) is 15.5 Å². The zero-order valence-corrected chi connectivity index (χ0v) is 12.8. The van der Waals surface area contributed by atoms with Crippen molar-refractivity contribution in [2.75, 3.05) is 20.2 Å². The summed E-state index contributed by atoms with van der Waals surface area (Å²) < 4.78 is 7.65. The molecule has 4 heteroatoms. The van der Waals surface area contributed by atoms with Crippen molar-refractivity contribution in [1.82, 2.24) is 9.47 Å². The zero-order chi connectivity index (χ0) is 15.1. The van der Waals surface area contributed by atoms with Crippen LogP contribution < -0.4 is 0 Å². The number of aliphatic hydroxyl groups excluding tert-OH is 1. The van der Waals surface area contributed by atoms with Crippen LogP contribution in [0.4, 0.5) is 0 Å². The Bertz CT molecular complexity index is 525. The van der Waals surface area contributed by atoms with Gasteiger partial charge in [0.05, 0.1) is 19.3 Å². The van der Waals surface area contributed by atoms with Gasteiger partial charge in [0, 0.05) is 32.0 Å². The van der Waals surface area contributed by atoms with Crippen molar-refractivity contribution in [3.05, 3.63) is 59.9 Å². The third kappa shape index (κ3) is 5.34. The van der Waals surface area contributed by atoms with Crippen LogP contribution in [-0.4, -0.2) is 40.9 Å². The molecule has 1 heterocycles. The number of ether oxygens (including phenoxy) is 1. The van der Waals surface area contributed by atoms with Crippen LogP contribution in [0.1, 0.15) is 11.3 Å². The van der Waals surface area contributed by atoms with Crippen molar-refractivity contribution in [1.29, 1.82) is 0 Å². The fourth-order valence-corrected chi connectivity index (χ4v) is 2.30. The van der Waals surface area contributed by atoms with Gasteiger partial charge in [-0.3, -0.25) is 4.90 Å². The van der Waals surface area contributed by atoms with E-state index < -0.39 is 6.10 Å². The third-order valence-electron chi connectivity index (χ3n) is 3.43. The summed E-state index contributed by atoms with van der Waals surface area (Å²) in [6.45, 7) is 2.31. The van der Waals surface area contributed by atoms with Crippen molar-refractivity contribution in [2.45, 2.75) is 19.3 Å². The normalized spacial score (nSPS) is 12.8. The molecule has 2 aromatic rings. The van der Waals surface area contributed by atoms with Crippen molar-refractivity contribution < 1.29 is 9.84 Å². The van der Waals surface area contributed by atoms with Crippen LogP contribution in [0.25, 0.3) is 0 Å². The van der Waals surface area contributed by atoms with E-state index in [1.807, 2.05) is 56.7 Å².